The molecule has 5 aliphatic heterocycles. The number of aliphatic hydroxyl groups is 5. The summed E-state index contributed by atoms with van der Waals surface area (Å²) >= 11 is 0. The average molecular weight is 936 g/mol. The molecule has 2 aliphatic carbocycles. The van der Waals surface area contributed by atoms with Gasteiger partial charge in [-0.15, -0.1) is 0 Å². The smallest absolute Gasteiger partial charge is 0.327 e. The van der Waals surface area contributed by atoms with Crippen LogP contribution in [0.1, 0.15) is 75.1 Å². The number of hydrogen-bond acceptors (Lipinski definition) is 17. The summed E-state index contributed by atoms with van der Waals surface area (Å²) in [4.78, 5) is 65.2. The van der Waals surface area contributed by atoms with Gasteiger partial charge >= 0.3 is 11.9 Å². The van der Waals surface area contributed by atoms with Crippen LogP contribution >= 0.6 is 0 Å². The molecule has 5 heterocycles. The van der Waals surface area contributed by atoms with Gasteiger partial charge in [-0.25, -0.2) is 0 Å². The highest BCUT2D eigenvalue weighted by Gasteiger charge is 2.77. The van der Waals surface area contributed by atoms with Gasteiger partial charge in [-0.05, 0) is 62.3 Å². The van der Waals surface area contributed by atoms with E-state index < -0.39 is 127 Å². The van der Waals surface area contributed by atoms with Gasteiger partial charge in [0.25, 0.3) is 0 Å². The van der Waals surface area contributed by atoms with Gasteiger partial charge in [0.05, 0.1) is 32.4 Å². The van der Waals surface area contributed by atoms with E-state index >= 15 is 4.79 Å². The van der Waals surface area contributed by atoms with E-state index in [0.29, 0.717) is 36.8 Å². The van der Waals surface area contributed by atoms with Crippen molar-refractivity contribution < 1.29 is 78.0 Å². The molecule has 6 N–H and O–H groups in total. The molecule has 5 saturated heterocycles. The van der Waals surface area contributed by atoms with Gasteiger partial charge in [0.15, 0.2) is 18.1 Å². The maximum absolute atomic E-state index is 15.6. The summed E-state index contributed by atoms with van der Waals surface area (Å²) in [5.74, 6) is -3.16. The number of nitrogens with one attached hydrogen (secondary N) is 1. The monoisotopic (exact) mass is 935 g/mol. The quantitative estimate of drug-likeness (QED) is 0.138. The highest BCUT2D eigenvalue weighted by molar-refractivity contribution is 5.96. The minimum atomic E-state index is -1.59. The van der Waals surface area contributed by atoms with E-state index in [1.807, 2.05) is 48.5 Å². The summed E-state index contributed by atoms with van der Waals surface area (Å²) in [7, 11) is 0. The standard InChI is InChI=1S/C48H61N3O16/c1-46(2,3)64-34(54)17-16-30(24-52)49-42(58)31-15-8-18-50(31)45(60)48-22-32-38-39(66-47(65-38)20-27-11-5-6-12-28(27)21-47)41(48)67-51(40(48)43(59)62-32)23-29-13-7-4-10-26(29)14-9-19-61-44-37(57)36(56)35(55)33(25-53)63-44/h4-7,9-14,30-33,35-41,44,52-53,55-57H,8,15-25H2,1-3H3,(H,49,58). The minimum Gasteiger partial charge on any atom is -0.460 e. The van der Waals surface area contributed by atoms with Crippen LogP contribution in [0, 0.1) is 5.41 Å². The fourth-order valence-corrected chi connectivity index (χ4v) is 11.0. The van der Waals surface area contributed by atoms with E-state index in [0.717, 1.165) is 11.1 Å². The van der Waals surface area contributed by atoms with Crippen molar-refractivity contribution in [2.24, 2.45) is 5.41 Å². The zero-order valence-corrected chi connectivity index (χ0v) is 37.8. The number of esters is 2. The first-order chi connectivity index (χ1) is 32.0. The van der Waals surface area contributed by atoms with E-state index in [9.17, 15) is 39.9 Å². The Labute approximate surface area is 387 Å². The number of fused-ring (bicyclic) bond motifs is 5. The van der Waals surface area contributed by atoms with Crippen LogP contribution in [0.25, 0.3) is 6.08 Å². The Morgan fingerprint density at radius 3 is 2.40 bits per heavy atom. The minimum absolute atomic E-state index is 0.0125. The number of rotatable bonds is 14. The SMILES string of the molecule is CC(C)(C)OC(=O)CCC(CO)NC(=O)C1CCCN1C(=O)C12CC3OC(=O)C1N(Cc1ccccc1C=CCOC1OC(CO)C(O)C(O)C1O)OC2C1OC2(Cc4ccccc4C2)OC31. The fraction of sp³-hybridized carbons (Fsp3) is 0.625. The Morgan fingerprint density at radius 1 is 0.970 bits per heavy atom. The first-order valence-electron chi connectivity index (χ1n) is 23.2. The molecule has 2 aromatic rings. The average Bonchev–Trinajstić information content (AvgIpc) is 4.09. The van der Waals surface area contributed by atoms with Crippen molar-refractivity contribution in [3.05, 3.63) is 76.9 Å². The second-order valence-electron chi connectivity index (χ2n) is 19.7. The molecule has 19 nitrogen and oxygen atoms in total. The van der Waals surface area contributed by atoms with E-state index in [2.05, 4.69) is 5.32 Å². The molecule has 1 saturated carbocycles. The number of aliphatic hydroxyl groups excluding tert-OH is 5. The first-order valence-corrected chi connectivity index (χ1v) is 23.2. The molecular formula is C48H61N3O16. The highest BCUT2D eigenvalue weighted by Crippen LogP contribution is 2.59. The molecule has 13 atom stereocenters. The lowest BCUT2D eigenvalue weighted by Gasteiger charge is -2.50. The van der Waals surface area contributed by atoms with E-state index in [1.165, 1.54) is 9.96 Å². The number of carbonyl (C=O) groups is 4. The molecule has 0 radical (unpaired) electrons. The molecule has 0 aromatic heterocycles. The number of benzene rings is 2. The van der Waals surface area contributed by atoms with E-state index in [-0.39, 0.29) is 39.0 Å². The third-order valence-corrected chi connectivity index (χ3v) is 14.1. The number of carbonyl (C=O) groups excluding carboxylic acids is 4. The van der Waals surface area contributed by atoms with Gasteiger partial charge < -0.3 is 64.2 Å². The summed E-state index contributed by atoms with van der Waals surface area (Å²) < 4.78 is 36.5. The predicted molar refractivity (Wildman–Crippen MR) is 231 cm³/mol. The number of amides is 2. The summed E-state index contributed by atoms with van der Waals surface area (Å²) in [6.07, 6.45) is -5.33. The number of hydrogen-bond donors (Lipinski definition) is 6. The fourth-order valence-electron chi connectivity index (χ4n) is 11.0. The van der Waals surface area contributed by atoms with Crippen molar-refractivity contribution in [3.63, 3.8) is 0 Å². The zero-order chi connectivity index (χ0) is 47.4. The van der Waals surface area contributed by atoms with Crippen molar-refractivity contribution >= 4 is 29.8 Å². The van der Waals surface area contributed by atoms with E-state index in [4.69, 9.17) is 33.3 Å². The van der Waals surface area contributed by atoms with Gasteiger partial charge in [-0.2, -0.15) is 5.06 Å². The number of hydroxylamine groups is 2. The van der Waals surface area contributed by atoms with Gasteiger partial charge in [-0.3, -0.25) is 24.0 Å². The van der Waals surface area contributed by atoms with Crippen LogP contribution in [0.5, 0.6) is 0 Å². The van der Waals surface area contributed by atoms with Crippen LogP contribution in [-0.4, -0.2) is 170 Å². The maximum Gasteiger partial charge on any atom is 0.327 e. The van der Waals surface area contributed by atoms with Crippen molar-refractivity contribution in [1.82, 2.24) is 15.3 Å². The molecule has 67 heavy (non-hydrogen) atoms. The van der Waals surface area contributed by atoms with Crippen molar-refractivity contribution in [3.8, 4) is 0 Å². The predicted octanol–water partition coefficient (Wildman–Crippen LogP) is 0.185. The van der Waals surface area contributed by atoms with Crippen LogP contribution in [0.3, 0.4) is 0 Å². The summed E-state index contributed by atoms with van der Waals surface area (Å²) in [5.41, 5.74) is 1.27. The molecular weight excluding hydrogens is 875 g/mol. The second kappa shape index (κ2) is 18.8. The Morgan fingerprint density at radius 2 is 1.69 bits per heavy atom. The lowest BCUT2D eigenvalue weighted by Crippen LogP contribution is -2.70. The molecule has 19 heteroatoms. The Hall–Kier alpha value is -4.38. The molecule has 2 bridgehead atoms. The Kier molecular flexibility index (Phi) is 13.4. The van der Waals surface area contributed by atoms with Crippen LogP contribution in [0.15, 0.2) is 54.6 Å². The van der Waals surface area contributed by atoms with Crippen LogP contribution in [0.4, 0.5) is 0 Å². The van der Waals surface area contributed by atoms with Gasteiger partial charge in [-0.1, -0.05) is 60.7 Å². The second-order valence-corrected chi connectivity index (χ2v) is 19.7. The lowest BCUT2D eigenvalue weighted by molar-refractivity contribution is -0.298. The highest BCUT2D eigenvalue weighted by atomic mass is 16.8. The van der Waals surface area contributed by atoms with Crippen molar-refractivity contribution in [2.45, 2.75) is 157 Å². The molecule has 364 valence electrons. The molecule has 7 aliphatic rings. The van der Waals surface area contributed by atoms with Crippen LogP contribution in [0.2, 0.25) is 0 Å². The normalized spacial score (nSPS) is 34.5. The van der Waals surface area contributed by atoms with Gasteiger partial charge in [0.1, 0.15) is 65.9 Å². The molecule has 13 unspecified atom stereocenters. The van der Waals surface area contributed by atoms with Crippen LogP contribution < -0.4 is 5.32 Å². The number of nitrogens with zero attached hydrogens (tertiary/aromatic N) is 2. The summed E-state index contributed by atoms with van der Waals surface area (Å²) in [5, 5.41) is 54.9. The largest absolute Gasteiger partial charge is 0.460 e. The number of ether oxygens (including phenoxy) is 6. The van der Waals surface area contributed by atoms with Crippen LogP contribution in [-0.2, 0) is 71.8 Å². The third-order valence-electron chi connectivity index (χ3n) is 14.1. The summed E-state index contributed by atoms with van der Waals surface area (Å²) in [6.45, 7) is 4.38. The van der Waals surface area contributed by atoms with Gasteiger partial charge in [0, 0.05) is 32.2 Å². The molecule has 1 spiro atoms. The maximum atomic E-state index is 15.6. The van der Waals surface area contributed by atoms with Crippen molar-refractivity contribution in [2.75, 3.05) is 26.4 Å². The lowest BCUT2D eigenvalue weighted by atomic mass is 9.62. The molecule has 2 aromatic carbocycles. The van der Waals surface area contributed by atoms with Crippen molar-refractivity contribution in [1.29, 1.82) is 0 Å². The third kappa shape index (κ3) is 9.04. The molecule has 6 fully saturated rings. The first kappa shape index (κ1) is 47.7. The zero-order valence-electron chi connectivity index (χ0n) is 37.8. The topological polar surface area (TPSA) is 253 Å². The van der Waals surface area contributed by atoms with E-state index in [1.54, 1.807) is 32.9 Å². The summed E-state index contributed by atoms with van der Waals surface area (Å²) in [6, 6.07) is 12.3. The molecule has 2 amide bonds. The number of likely N-dealkylation sites (tertiary alicyclic amines) is 1. The Balaban J connectivity index is 0.976. The van der Waals surface area contributed by atoms with Gasteiger partial charge in [0.2, 0.25) is 11.8 Å². The Bertz CT molecular complexity index is 2190. The molecule has 9 rings (SSSR count).